The van der Waals surface area contributed by atoms with E-state index in [1.54, 1.807) is 0 Å². The van der Waals surface area contributed by atoms with Crippen molar-refractivity contribution in [3.63, 3.8) is 0 Å². The van der Waals surface area contributed by atoms with Crippen LogP contribution in [0, 0.1) is 5.82 Å². The van der Waals surface area contributed by atoms with E-state index < -0.39 is 18.0 Å². The molecule has 0 heterocycles. The molecule has 15 heavy (non-hydrogen) atoms. The zero-order valence-corrected chi connectivity index (χ0v) is 8.78. The topological polar surface area (TPSA) is 66.5 Å². The number of hydrogen-bond acceptors (Lipinski definition) is 3. The average Bonchev–Trinajstić information content (AvgIpc) is 2.26. The van der Waals surface area contributed by atoms with Crippen molar-refractivity contribution in [3.05, 3.63) is 35.1 Å². The van der Waals surface area contributed by atoms with Gasteiger partial charge in [0.05, 0.1) is 12.0 Å². The third-order valence-electron chi connectivity index (χ3n) is 2.17. The van der Waals surface area contributed by atoms with E-state index in [1.165, 1.54) is 18.2 Å². The molecule has 0 spiro atoms. The molecule has 3 nitrogen and oxygen atoms in total. The Hall–Kier alpha value is -0.680. The number of aliphatic hydroxyl groups excluding tert-OH is 2. The van der Waals surface area contributed by atoms with Crippen LogP contribution in [0.25, 0.3) is 0 Å². The first-order chi connectivity index (χ1) is 7.10. The summed E-state index contributed by atoms with van der Waals surface area (Å²) >= 11 is 5.41. The maximum Gasteiger partial charge on any atom is 0.123 e. The molecule has 0 aliphatic rings. The van der Waals surface area contributed by atoms with Crippen molar-refractivity contribution >= 4 is 11.6 Å². The van der Waals surface area contributed by atoms with Crippen molar-refractivity contribution in [1.82, 2.24) is 0 Å². The molecule has 2 atom stereocenters. The molecule has 4 N–H and O–H groups in total. The van der Waals surface area contributed by atoms with Crippen LogP contribution in [0.5, 0.6) is 0 Å². The first-order valence-electron chi connectivity index (χ1n) is 4.50. The van der Waals surface area contributed by atoms with E-state index in [9.17, 15) is 14.6 Å². The van der Waals surface area contributed by atoms with Crippen LogP contribution in [0.4, 0.5) is 4.39 Å². The van der Waals surface area contributed by atoms with Crippen LogP contribution < -0.4 is 5.73 Å². The van der Waals surface area contributed by atoms with Crippen LogP contribution in [-0.4, -0.2) is 22.2 Å². The summed E-state index contributed by atoms with van der Waals surface area (Å²) in [6.07, 6.45) is -2.22. The zero-order chi connectivity index (χ0) is 11.4. The number of nitrogens with two attached hydrogens (primary N) is 1. The predicted octanol–water partition coefficient (Wildman–Crippen LogP) is 0.917. The maximum absolute atomic E-state index is 12.9. The highest BCUT2D eigenvalue weighted by Crippen LogP contribution is 2.22. The lowest BCUT2D eigenvalue weighted by atomic mass is 9.99. The van der Waals surface area contributed by atoms with Gasteiger partial charge in [0.1, 0.15) is 11.9 Å². The molecule has 0 saturated heterocycles. The number of alkyl halides is 1. The number of aliphatic hydroxyl groups is 2. The minimum absolute atomic E-state index is 0.0947. The van der Waals surface area contributed by atoms with Gasteiger partial charge in [0, 0.05) is 6.54 Å². The molecule has 1 aromatic rings. The third-order valence-corrected chi connectivity index (χ3v) is 2.48. The summed E-state index contributed by atoms with van der Waals surface area (Å²) in [6, 6.07) is 3.84. The second kappa shape index (κ2) is 5.42. The van der Waals surface area contributed by atoms with Gasteiger partial charge in [-0.05, 0) is 23.3 Å². The molecule has 0 aliphatic carbocycles. The van der Waals surface area contributed by atoms with Gasteiger partial charge in [0.2, 0.25) is 0 Å². The molecule has 0 bridgehead atoms. The van der Waals surface area contributed by atoms with Crippen molar-refractivity contribution in [1.29, 1.82) is 0 Å². The second-order valence-electron chi connectivity index (χ2n) is 3.21. The van der Waals surface area contributed by atoms with Gasteiger partial charge in [0.15, 0.2) is 0 Å². The molecule has 1 rings (SSSR count). The second-order valence-corrected chi connectivity index (χ2v) is 3.52. The van der Waals surface area contributed by atoms with Gasteiger partial charge in [-0.2, -0.15) is 0 Å². The van der Waals surface area contributed by atoms with Crippen LogP contribution in [0.1, 0.15) is 17.2 Å². The van der Waals surface area contributed by atoms with Crippen molar-refractivity contribution in [3.8, 4) is 0 Å². The van der Waals surface area contributed by atoms with Gasteiger partial charge >= 0.3 is 0 Å². The Morgan fingerprint density at radius 3 is 2.60 bits per heavy atom. The lowest BCUT2D eigenvalue weighted by Gasteiger charge is -2.18. The summed E-state index contributed by atoms with van der Waals surface area (Å²) in [7, 11) is 0. The summed E-state index contributed by atoms with van der Waals surface area (Å²) in [5.41, 5.74) is 6.28. The molecule has 5 heteroatoms. The molecular formula is C10H13ClFNO2. The standard InChI is InChI=1S/C10H13ClFNO2/c11-4-9(14)10(15)8-2-1-7(12)3-6(8)5-13/h1-3,9-10,14-15H,4-5,13H2. The Bertz CT molecular complexity index is 335. The molecule has 0 saturated carbocycles. The van der Waals surface area contributed by atoms with E-state index in [4.69, 9.17) is 17.3 Å². The molecule has 0 aliphatic heterocycles. The molecule has 1 aromatic carbocycles. The highest BCUT2D eigenvalue weighted by atomic mass is 35.5. The largest absolute Gasteiger partial charge is 0.389 e. The van der Waals surface area contributed by atoms with Crippen LogP contribution in [0.2, 0.25) is 0 Å². The van der Waals surface area contributed by atoms with Gasteiger partial charge in [0.25, 0.3) is 0 Å². The summed E-state index contributed by atoms with van der Waals surface area (Å²) < 4.78 is 12.9. The third kappa shape index (κ3) is 2.89. The Balaban J connectivity index is 3.02. The minimum atomic E-state index is -1.14. The summed E-state index contributed by atoms with van der Waals surface area (Å²) in [6.45, 7) is 0.0964. The van der Waals surface area contributed by atoms with E-state index in [0.717, 1.165) is 0 Å². The van der Waals surface area contributed by atoms with Crippen LogP contribution in [0.15, 0.2) is 18.2 Å². The lowest BCUT2D eigenvalue weighted by Crippen LogP contribution is -2.21. The monoisotopic (exact) mass is 233 g/mol. The molecule has 0 aromatic heterocycles. The fraction of sp³-hybridized carbons (Fsp3) is 0.400. The van der Waals surface area contributed by atoms with Crippen LogP contribution in [0.3, 0.4) is 0 Å². The normalized spacial score (nSPS) is 15.0. The van der Waals surface area contributed by atoms with Gasteiger partial charge in [-0.15, -0.1) is 11.6 Å². The molecule has 0 radical (unpaired) electrons. The molecule has 84 valence electrons. The lowest BCUT2D eigenvalue weighted by molar-refractivity contribution is 0.0321. The van der Waals surface area contributed by atoms with E-state index in [1.807, 2.05) is 0 Å². The molecule has 2 unspecified atom stereocenters. The number of rotatable bonds is 4. The smallest absolute Gasteiger partial charge is 0.123 e. The Kier molecular flexibility index (Phi) is 4.47. The summed E-state index contributed by atoms with van der Waals surface area (Å²) in [4.78, 5) is 0. The number of benzene rings is 1. The van der Waals surface area contributed by atoms with Gasteiger partial charge in [-0.1, -0.05) is 6.07 Å². The van der Waals surface area contributed by atoms with E-state index in [2.05, 4.69) is 0 Å². The SMILES string of the molecule is NCc1cc(F)ccc1C(O)C(O)CCl. The molecule has 0 amide bonds. The molecule has 0 fully saturated rings. The van der Waals surface area contributed by atoms with E-state index >= 15 is 0 Å². The van der Waals surface area contributed by atoms with Gasteiger partial charge in [-0.25, -0.2) is 4.39 Å². The number of halogens is 2. The first kappa shape index (κ1) is 12.4. The highest BCUT2D eigenvalue weighted by Gasteiger charge is 2.20. The maximum atomic E-state index is 12.9. The van der Waals surface area contributed by atoms with Crippen LogP contribution in [-0.2, 0) is 6.54 Å². The predicted molar refractivity (Wildman–Crippen MR) is 56.0 cm³/mol. The van der Waals surface area contributed by atoms with Gasteiger partial charge < -0.3 is 15.9 Å². The fourth-order valence-corrected chi connectivity index (χ4v) is 1.50. The molecular weight excluding hydrogens is 221 g/mol. The fourth-order valence-electron chi connectivity index (χ4n) is 1.33. The first-order valence-corrected chi connectivity index (χ1v) is 5.04. The van der Waals surface area contributed by atoms with Crippen molar-refractivity contribution in [2.75, 3.05) is 5.88 Å². The minimum Gasteiger partial charge on any atom is -0.389 e. The number of hydrogen-bond donors (Lipinski definition) is 3. The quantitative estimate of drug-likeness (QED) is 0.678. The van der Waals surface area contributed by atoms with E-state index in [-0.39, 0.29) is 12.4 Å². The summed E-state index contributed by atoms with van der Waals surface area (Å²) in [5, 5.41) is 19.0. The average molecular weight is 234 g/mol. The Morgan fingerprint density at radius 1 is 1.40 bits per heavy atom. The van der Waals surface area contributed by atoms with Crippen LogP contribution >= 0.6 is 11.6 Å². The van der Waals surface area contributed by atoms with Crippen molar-refractivity contribution < 1.29 is 14.6 Å². The van der Waals surface area contributed by atoms with Gasteiger partial charge in [-0.3, -0.25) is 0 Å². The van der Waals surface area contributed by atoms with Crippen molar-refractivity contribution in [2.45, 2.75) is 18.8 Å². The van der Waals surface area contributed by atoms with E-state index in [0.29, 0.717) is 11.1 Å². The summed E-state index contributed by atoms with van der Waals surface area (Å²) in [5.74, 6) is -0.519. The Morgan fingerprint density at radius 2 is 2.07 bits per heavy atom. The zero-order valence-electron chi connectivity index (χ0n) is 8.03. The van der Waals surface area contributed by atoms with Crippen molar-refractivity contribution in [2.24, 2.45) is 5.73 Å². The highest BCUT2D eigenvalue weighted by molar-refractivity contribution is 6.18. The Labute approximate surface area is 92.3 Å².